The molecule has 2 heterocycles. The maximum Gasteiger partial charge on any atom is 0.0652 e. The molecule has 2 rings (SSSR count). The second kappa shape index (κ2) is 6.87. The van der Waals surface area contributed by atoms with Crippen LogP contribution in [0.1, 0.15) is 18.3 Å². The first kappa shape index (κ1) is 14.3. The molecule has 106 valence electrons. The highest BCUT2D eigenvalue weighted by Crippen LogP contribution is 2.21. The van der Waals surface area contributed by atoms with Crippen LogP contribution in [0.4, 0.5) is 5.69 Å². The second-order valence-corrected chi connectivity index (χ2v) is 5.27. The highest BCUT2D eigenvalue weighted by molar-refractivity contribution is 5.51. The topological polar surface area (TPSA) is 28.6 Å². The van der Waals surface area contributed by atoms with Gasteiger partial charge in [-0.1, -0.05) is 6.92 Å². The average molecular weight is 263 g/mol. The van der Waals surface area contributed by atoms with Gasteiger partial charge >= 0.3 is 0 Å². The molecule has 0 atom stereocenters. The van der Waals surface area contributed by atoms with Crippen molar-refractivity contribution in [2.75, 3.05) is 51.8 Å². The van der Waals surface area contributed by atoms with Gasteiger partial charge in [0.05, 0.1) is 24.6 Å². The Morgan fingerprint density at radius 2 is 2.00 bits per heavy atom. The van der Waals surface area contributed by atoms with Crippen molar-refractivity contribution in [3.05, 3.63) is 23.5 Å². The number of hydrogen-bond acceptors (Lipinski definition) is 4. The monoisotopic (exact) mass is 263 g/mol. The highest BCUT2D eigenvalue weighted by Gasteiger charge is 2.16. The van der Waals surface area contributed by atoms with Crippen LogP contribution in [0.15, 0.2) is 12.1 Å². The summed E-state index contributed by atoms with van der Waals surface area (Å²) >= 11 is 0. The van der Waals surface area contributed by atoms with Gasteiger partial charge in [-0.3, -0.25) is 4.98 Å². The number of ether oxygens (including phenoxy) is 1. The van der Waals surface area contributed by atoms with E-state index in [1.54, 1.807) is 0 Å². The van der Waals surface area contributed by atoms with Gasteiger partial charge in [0.25, 0.3) is 0 Å². The van der Waals surface area contributed by atoms with Gasteiger partial charge in [0, 0.05) is 31.7 Å². The largest absolute Gasteiger partial charge is 0.378 e. The maximum atomic E-state index is 5.43. The number of aryl methyl sites for hydroxylation is 1. The molecule has 1 aromatic rings. The lowest BCUT2D eigenvalue weighted by Gasteiger charge is -2.30. The maximum absolute atomic E-state index is 5.43. The Morgan fingerprint density at radius 3 is 2.63 bits per heavy atom. The van der Waals surface area contributed by atoms with Crippen molar-refractivity contribution in [3.8, 4) is 0 Å². The fourth-order valence-corrected chi connectivity index (χ4v) is 2.34. The molecule has 0 bridgehead atoms. The van der Waals surface area contributed by atoms with Gasteiger partial charge in [-0.15, -0.1) is 0 Å². The molecule has 0 aromatic carbocycles. The number of anilines is 1. The Balaban J connectivity index is 2.19. The molecule has 0 amide bonds. The lowest BCUT2D eigenvalue weighted by molar-refractivity contribution is 0.122. The number of nitrogens with zero attached hydrogens (tertiary/aromatic N) is 3. The number of likely N-dealkylation sites (N-methyl/N-ethyl adjacent to an activating group) is 1. The van der Waals surface area contributed by atoms with Crippen LogP contribution in [-0.2, 0) is 17.6 Å². The molecule has 19 heavy (non-hydrogen) atoms. The van der Waals surface area contributed by atoms with Crippen LogP contribution in [-0.4, -0.2) is 56.8 Å². The van der Waals surface area contributed by atoms with Crippen LogP contribution < -0.4 is 4.90 Å². The summed E-state index contributed by atoms with van der Waals surface area (Å²) in [6, 6.07) is 4.39. The van der Waals surface area contributed by atoms with Gasteiger partial charge < -0.3 is 14.5 Å². The predicted octanol–water partition coefficient (Wildman–Crippen LogP) is 1.58. The Kier molecular flexibility index (Phi) is 5.16. The van der Waals surface area contributed by atoms with Crippen molar-refractivity contribution < 1.29 is 4.74 Å². The van der Waals surface area contributed by atoms with E-state index < -0.39 is 0 Å². The Morgan fingerprint density at radius 1 is 1.26 bits per heavy atom. The summed E-state index contributed by atoms with van der Waals surface area (Å²) in [5, 5.41) is 0. The molecule has 4 nitrogen and oxygen atoms in total. The van der Waals surface area contributed by atoms with Gasteiger partial charge in [0.1, 0.15) is 0 Å². The van der Waals surface area contributed by atoms with Crippen LogP contribution in [0.25, 0.3) is 0 Å². The van der Waals surface area contributed by atoms with E-state index in [0.29, 0.717) is 0 Å². The molecular formula is C15H25N3O. The lowest BCUT2D eigenvalue weighted by Crippen LogP contribution is -2.37. The van der Waals surface area contributed by atoms with E-state index in [9.17, 15) is 0 Å². The normalized spacial score (nSPS) is 16.1. The standard InChI is InChI=1S/C15H25N3O/c1-4-13-5-6-15(18-9-11-19-12-10-18)14(16-13)7-8-17(2)3/h5-6H,4,7-12H2,1-3H3. The molecule has 4 heteroatoms. The second-order valence-electron chi connectivity index (χ2n) is 5.27. The number of hydrogen-bond donors (Lipinski definition) is 0. The molecule has 0 saturated carbocycles. The zero-order valence-electron chi connectivity index (χ0n) is 12.4. The summed E-state index contributed by atoms with van der Waals surface area (Å²) in [6.45, 7) is 6.79. The summed E-state index contributed by atoms with van der Waals surface area (Å²) in [5.74, 6) is 0. The van der Waals surface area contributed by atoms with E-state index in [4.69, 9.17) is 9.72 Å². The average Bonchev–Trinajstić information content (AvgIpc) is 2.45. The van der Waals surface area contributed by atoms with E-state index in [0.717, 1.165) is 45.7 Å². The third kappa shape index (κ3) is 3.91. The Bertz CT molecular complexity index is 400. The van der Waals surface area contributed by atoms with Crippen molar-refractivity contribution in [3.63, 3.8) is 0 Å². The zero-order chi connectivity index (χ0) is 13.7. The molecular weight excluding hydrogens is 238 g/mol. The van der Waals surface area contributed by atoms with Gasteiger partial charge in [0.15, 0.2) is 0 Å². The molecule has 0 radical (unpaired) electrons. The smallest absolute Gasteiger partial charge is 0.0652 e. The number of aromatic nitrogens is 1. The van der Waals surface area contributed by atoms with Crippen LogP contribution in [0.3, 0.4) is 0 Å². The molecule has 1 fully saturated rings. The third-order valence-electron chi connectivity index (χ3n) is 3.52. The minimum Gasteiger partial charge on any atom is -0.378 e. The molecule has 1 saturated heterocycles. The molecule has 0 aliphatic carbocycles. The molecule has 0 N–H and O–H groups in total. The van der Waals surface area contributed by atoms with E-state index in [2.05, 4.69) is 43.0 Å². The van der Waals surface area contributed by atoms with E-state index >= 15 is 0 Å². The van der Waals surface area contributed by atoms with Crippen LogP contribution in [0.5, 0.6) is 0 Å². The van der Waals surface area contributed by atoms with Gasteiger partial charge in [-0.25, -0.2) is 0 Å². The van der Waals surface area contributed by atoms with Gasteiger partial charge in [-0.2, -0.15) is 0 Å². The van der Waals surface area contributed by atoms with Crippen LogP contribution in [0.2, 0.25) is 0 Å². The van der Waals surface area contributed by atoms with E-state index in [1.807, 2.05) is 0 Å². The van der Waals surface area contributed by atoms with Gasteiger partial charge in [-0.05, 0) is 32.6 Å². The molecule has 0 spiro atoms. The number of pyridine rings is 1. The van der Waals surface area contributed by atoms with Gasteiger partial charge in [0.2, 0.25) is 0 Å². The van der Waals surface area contributed by atoms with Crippen molar-refractivity contribution in [2.45, 2.75) is 19.8 Å². The number of rotatable bonds is 5. The minimum absolute atomic E-state index is 0.822. The summed E-state index contributed by atoms with van der Waals surface area (Å²) in [6.07, 6.45) is 2.01. The Labute approximate surface area is 116 Å². The predicted molar refractivity (Wildman–Crippen MR) is 78.9 cm³/mol. The van der Waals surface area contributed by atoms with Crippen molar-refractivity contribution in [2.24, 2.45) is 0 Å². The third-order valence-corrected chi connectivity index (χ3v) is 3.52. The quantitative estimate of drug-likeness (QED) is 0.806. The molecule has 0 unspecified atom stereocenters. The first-order valence-electron chi connectivity index (χ1n) is 7.17. The fraction of sp³-hybridized carbons (Fsp3) is 0.667. The fourth-order valence-electron chi connectivity index (χ4n) is 2.34. The molecule has 1 aliphatic rings. The SMILES string of the molecule is CCc1ccc(N2CCOCC2)c(CCN(C)C)n1. The summed E-state index contributed by atoms with van der Waals surface area (Å²) in [7, 11) is 4.22. The summed E-state index contributed by atoms with van der Waals surface area (Å²) in [5.41, 5.74) is 3.71. The van der Waals surface area contributed by atoms with Crippen molar-refractivity contribution >= 4 is 5.69 Å². The van der Waals surface area contributed by atoms with Crippen molar-refractivity contribution in [1.82, 2.24) is 9.88 Å². The summed E-state index contributed by atoms with van der Waals surface area (Å²) in [4.78, 5) is 9.44. The Hall–Kier alpha value is -1.13. The molecule has 1 aromatic heterocycles. The first-order chi connectivity index (χ1) is 9.20. The van der Waals surface area contributed by atoms with E-state index in [-0.39, 0.29) is 0 Å². The first-order valence-corrected chi connectivity index (χ1v) is 7.17. The number of morpholine rings is 1. The zero-order valence-corrected chi connectivity index (χ0v) is 12.4. The summed E-state index contributed by atoms with van der Waals surface area (Å²) < 4.78 is 5.43. The van der Waals surface area contributed by atoms with Crippen LogP contribution >= 0.6 is 0 Å². The van der Waals surface area contributed by atoms with E-state index in [1.165, 1.54) is 17.1 Å². The highest BCUT2D eigenvalue weighted by atomic mass is 16.5. The lowest BCUT2D eigenvalue weighted by atomic mass is 10.1. The van der Waals surface area contributed by atoms with Crippen LogP contribution in [0, 0.1) is 0 Å². The van der Waals surface area contributed by atoms with Crippen molar-refractivity contribution in [1.29, 1.82) is 0 Å². The minimum atomic E-state index is 0.822. The molecule has 1 aliphatic heterocycles.